The molecule has 0 aliphatic carbocycles. The number of hydrogen-bond acceptors (Lipinski definition) is 3. The number of rotatable bonds is 5. The van der Waals surface area contributed by atoms with E-state index in [4.69, 9.17) is 4.74 Å². The molecule has 0 aromatic rings. The Morgan fingerprint density at radius 2 is 2.38 bits per heavy atom. The Balaban J connectivity index is 2.07. The van der Waals surface area contributed by atoms with E-state index in [1.807, 2.05) is 0 Å². The fourth-order valence-electron chi connectivity index (χ4n) is 1.63. The molecular formula is C10H22N2O. The van der Waals surface area contributed by atoms with E-state index in [0.717, 1.165) is 26.3 Å². The van der Waals surface area contributed by atoms with Gasteiger partial charge in [0.25, 0.3) is 0 Å². The number of unbranched alkanes of at least 4 members (excludes halogenated alkanes) is 1. The topological polar surface area (TPSA) is 24.5 Å². The van der Waals surface area contributed by atoms with Gasteiger partial charge in [-0.1, -0.05) is 13.3 Å². The van der Waals surface area contributed by atoms with Crippen LogP contribution >= 0.6 is 0 Å². The normalized spacial score (nSPS) is 23.8. The van der Waals surface area contributed by atoms with Crippen molar-refractivity contribution in [2.45, 2.75) is 25.8 Å². The van der Waals surface area contributed by atoms with Gasteiger partial charge in [0, 0.05) is 19.1 Å². The largest absolute Gasteiger partial charge is 0.378 e. The summed E-state index contributed by atoms with van der Waals surface area (Å²) < 4.78 is 5.40. The van der Waals surface area contributed by atoms with Gasteiger partial charge in [0.2, 0.25) is 0 Å². The molecule has 3 nitrogen and oxygen atoms in total. The Morgan fingerprint density at radius 3 is 3.00 bits per heavy atom. The Kier molecular flexibility index (Phi) is 5.35. The molecule has 1 aliphatic heterocycles. The van der Waals surface area contributed by atoms with E-state index in [1.165, 1.54) is 19.4 Å². The predicted octanol–water partition coefficient (Wildman–Crippen LogP) is 0.707. The van der Waals surface area contributed by atoms with Crippen LogP contribution in [0.1, 0.15) is 19.8 Å². The van der Waals surface area contributed by atoms with Crippen LogP contribution in [0.4, 0.5) is 0 Å². The average Bonchev–Trinajstić information content (AvgIpc) is 2.16. The summed E-state index contributed by atoms with van der Waals surface area (Å²) in [5.74, 6) is 0. The molecule has 1 rings (SSSR count). The van der Waals surface area contributed by atoms with Crippen molar-refractivity contribution in [2.75, 3.05) is 39.9 Å². The maximum atomic E-state index is 5.40. The molecule has 0 radical (unpaired) electrons. The monoisotopic (exact) mass is 186 g/mol. The lowest BCUT2D eigenvalue weighted by Gasteiger charge is -2.28. The minimum absolute atomic E-state index is 0.538. The molecule has 0 amide bonds. The van der Waals surface area contributed by atoms with Crippen molar-refractivity contribution in [3.63, 3.8) is 0 Å². The van der Waals surface area contributed by atoms with Crippen LogP contribution in [0.15, 0.2) is 0 Å². The minimum Gasteiger partial charge on any atom is -0.378 e. The second kappa shape index (κ2) is 6.35. The molecule has 0 aromatic heterocycles. The summed E-state index contributed by atoms with van der Waals surface area (Å²) in [6.07, 6.45) is 2.57. The van der Waals surface area contributed by atoms with Crippen molar-refractivity contribution in [3.05, 3.63) is 0 Å². The molecule has 1 atom stereocenters. The standard InChI is InChI=1S/C10H22N2O/c1-3-4-6-12(2)8-10-9-13-7-5-11-10/h10-11H,3-9H2,1-2H3. The van der Waals surface area contributed by atoms with Crippen LogP contribution in [0.5, 0.6) is 0 Å². The summed E-state index contributed by atoms with van der Waals surface area (Å²) in [5.41, 5.74) is 0. The zero-order valence-corrected chi connectivity index (χ0v) is 8.88. The zero-order chi connectivity index (χ0) is 9.52. The third kappa shape index (κ3) is 4.60. The van der Waals surface area contributed by atoms with Crippen LogP contribution in [0.2, 0.25) is 0 Å². The number of morpholine rings is 1. The molecule has 1 heterocycles. The van der Waals surface area contributed by atoms with E-state index in [2.05, 4.69) is 24.2 Å². The summed E-state index contributed by atoms with van der Waals surface area (Å²) in [6.45, 7) is 7.29. The van der Waals surface area contributed by atoms with Gasteiger partial charge in [-0.15, -0.1) is 0 Å². The fourth-order valence-corrected chi connectivity index (χ4v) is 1.63. The van der Waals surface area contributed by atoms with Gasteiger partial charge < -0.3 is 15.0 Å². The molecule has 0 saturated carbocycles. The molecule has 1 aliphatic rings. The maximum Gasteiger partial charge on any atom is 0.0632 e. The third-order valence-corrected chi connectivity index (χ3v) is 2.42. The third-order valence-electron chi connectivity index (χ3n) is 2.42. The van der Waals surface area contributed by atoms with Crippen LogP contribution in [0.3, 0.4) is 0 Å². The number of nitrogens with zero attached hydrogens (tertiary/aromatic N) is 1. The molecule has 13 heavy (non-hydrogen) atoms. The summed E-state index contributed by atoms with van der Waals surface area (Å²) in [6, 6.07) is 0.538. The summed E-state index contributed by atoms with van der Waals surface area (Å²) in [4.78, 5) is 2.38. The highest BCUT2D eigenvalue weighted by atomic mass is 16.5. The van der Waals surface area contributed by atoms with E-state index < -0.39 is 0 Å². The molecule has 1 fully saturated rings. The molecular weight excluding hydrogens is 164 g/mol. The van der Waals surface area contributed by atoms with E-state index in [0.29, 0.717) is 6.04 Å². The fraction of sp³-hybridized carbons (Fsp3) is 1.00. The first-order chi connectivity index (χ1) is 6.33. The summed E-state index contributed by atoms with van der Waals surface area (Å²) in [5, 5.41) is 3.46. The van der Waals surface area contributed by atoms with E-state index in [9.17, 15) is 0 Å². The van der Waals surface area contributed by atoms with Gasteiger partial charge in [-0.2, -0.15) is 0 Å². The lowest BCUT2D eigenvalue weighted by Crippen LogP contribution is -2.47. The smallest absolute Gasteiger partial charge is 0.0632 e. The van der Waals surface area contributed by atoms with E-state index >= 15 is 0 Å². The Hall–Kier alpha value is -0.120. The van der Waals surface area contributed by atoms with Crippen LogP contribution in [0, 0.1) is 0 Å². The highest BCUT2D eigenvalue weighted by Gasteiger charge is 2.14. The lowest BCUT2D eigenvalue weighted by atomic mass is 10.2. The van der Waals surface area contributed by atoms with Crippen LogP contribution in [-0.2, 0) is 4.74 Å². The zero-order valence-electron chi connectivity index (χ0n) is 8.88. The number of ether oxygens (including phenoxy) is 1. The van der Waals surface area contributed by atoms with Gasteiger partial charge in [0.05, 0.1) is 13.2 Å². The first kappa shape index (κ1) is 11.0. The number of likely N-dealkylation sites (N-methyl/N-ethyl adjacent to an activating group) is 1. The van der Waals surface area contributed by atoms with Crippen molar-refractivity contribution in [1.29, 1.82) is 0 Å². The van der Waals surface area contributed by atoms with Gasteiger partial charge in [-0.05, 0) is 20.0 Å². The molecule has 0 spiro atoms. The van der Waals surface area contributed by atoms with Gasteiger partial charge >= 0.3 is 0 Å². The summed E-state index contributed by atoms with van der Waals surface area (Å²) in [7, 11) is 2.19. The van der Waals surface area contributed by atoms with Gasteiger partial charge in [0.15, 0.2) is 0 Å². The first-order valence-electron chi connectivity index (χ1n) is 5.32. The average molecular weight is 186 g/mol. The van der Waals surface area contributed by atoms with E-state index in [1.54, 1.807) is 0 Å². The van der Waals surface area contributed by atoms with Crippen molar-refractivity contribution >= 4 is 0 Å². The van der Waals surface area contributed by atoms with Crippen molar-refractivity contribution < 1.29 is 4.74 Å². The molecule has 0 aromatic carbocycles. The summed E-state index contributed by atoms with van der Waals surface area (Å²) >= 11 is 0. The maximum absolute atomic E-state index is 5.40. The van der Waals surface area contributed by atoms with Gasteiger partial charge in [-0.3, -0.25) is 0 Å². The Labute approximate surface area is 81.4 Å². The Bertz CT molecular complexity index is 124. The number of nitrogens with one attached hydrogen (secondary N) is 1. The van der Waals surface area contributed by atoms with Crippen molar-refractivity contribution in [3.8, 4) is 0 Å². The van der Waals surface area contributed by atoms with E-state index in [-0.39, 0.29) is 0 Å². The molecule has 78 valence electrons. The second-order valence-electron chi connectivity index (χ2n) is 3.84. The molecule has 1 N–H and O–H groups in total. The minimum atomic E-state index is 0.538. The molecule has 1 saturated heterocycles. The van der Waals surface area contributed by atoms with Gasteiger partial charge in [0.1, 0.15) is 0 Å². The Morgan fingerprint density at radius 1 is 1.54 bits per heavy atom. The predicted molar refractivity (Wildman–Crippen MR) is 55.0 cm³/mol. The highest BCUT2D eigenvalue weighted by Crippen LogP contribution is 1.97. The quantitative estimate of drug-likeness (QED) is 0.684. The second-order valence-corrected chi connectivity index (χ2v) is 3.84. The molecule has 3 heteroatoms. The SMILES string of the molecule is CCCCN(C)CC1COCCN1. The highest BCUT2D eigenvalue weighted by molar-refractivity contribution is 4.73. The lowest BCUT2D eigenvalue weighted by molar-refractivity contribution is 0.0652. The first-order valence-corrected chi connectivity index (χ1v) is 5.32. The van der Waals surface area contributed by atoms with Crippen molar-refractivity contribution in [2.24, 2.45) is 0 Å². The van der Waals surface area contributed by atoms with Crippen LogP contribution < -0.4 is 5.32 Å². The number of hydrogen-bond donors (Lipinski definition) is 1. The van der Waals surface area contributed by atoms with Crippen molar-refractivity contribution in [1.82, 2.24) is 10.2 Å². The molecule has 1 unspecified atom stereocenters. The van der Waals surface area contributed by atoms with Crippen LogP contribution in [-0.4, -0.2) is 50.8 Å². The molecule has 0 bridgehead atoms. The van der Waals surface area contributed by atoms with Gasteiger partial charge in [-0.25, -0.2) is 0 Å². The van der Waals surface area contributed by atoms with Crippen LogP contribution in [0.25, 0.3) is 0 Å².